The van der Waals surface area contributed by atoms with Crippen LogP contribution in [0.1, 0.15) is 23.6 Å². The summed E-state index contributed by atoms with van der Waals surface area (Å²) in [4.78, 5) is 0. The Hall–Kier alpha value is 0.483. The van der Waals surface area contributed by atoms with Crippen molar-refractivity contribution in [2.24, 2.45) is 0 Å². The second-order valence-corrected chi connectivity index (χ2v) is 10.9. The molecule has 0 spiro atoms. The molecule has 88 valence electrons. The molecule has 0 radical (unpaired) electrons. The van der Waals surface area contributed by atoms with Gasteiger partial charge in [-0.1, -0.05) is 32.9 Å². The van der Waals surface area contributed by atoms with Gasteiger partial charge in [0.15, 0.2) is 0 Å². The van der Waals surface area contributed by atoms with Crippen LogP contribution in [0.5, 0.6) is 5.75 Å². The molecule has 0 heterocycles. The van der Waals surface area contributed by atoms with Crippen molar-refractivity contribution in [3.63, 3.8) is 0 Å². The Labute approximate surface area is 127 Å². The maximum Gasteiger partial charge on any atom is 2.00 e. The van der Waals surface area contributed by atoms with Crippen molar-refractivity contribution < 1.29 is 7.28 Å². The van der Waals surface area contributed by atoms with Gasteiger partial charge < -0.3 is 7.28 Å². The third-order valence-electron chi connectivity index (χ3n) is 3.01. The van der Waals surface area contributed by atoms with Crippen molar-refractivity contribution >= 4 is 47.3 Å². The van der Waals surface area contributed by atoms with Crippen LogP contribution in [-0.4, -0.2) is 31.4 Å². The van der Waals surface area contributed by atoms with E-state index in [0.717, 1.165) is 10.2 Å². The SMILES string of the molecule is CC(C)(C)[Si](C)(C)Oc1ccccc1Br.[H-].[H-].[Mg+2]. The van der Waals surface area contributed by atoms with Crippen LogP contribution in [0.25, 0.3) is 0 Å². The Morgan fingerprint density at radius 1 is 1.19 bits per heavy atom. The molecular weight excluding hydrogens is 292 g/mol. The van der Waals surface area contributed by atoms with Crippen molar-refractivity contribution in [3.8, 4) is 5.75 Å². The van der Waals surface area contributed by atoms with Gasteiger partial charge in [0.2, 0.25) is 0 Å². The van der Waals surface area contributed by atoms with Crippen molar-refractivity contribution in [3.05, 3.63) is 28.7 Å². The molecule has 1 aromatic rings. The first-order chi connectivity index (χ1) is 6.74. The Kier molecular flexibility index (Phi) is 6.07. The third kappa shape index (κ3) is 4.05. The van der Waals surface area contributed by atoms with Gasteiger partial charge >= 0.3 is 23.1 Å². The standard InChI is InChI=1S/C12H19BrOSi.Mg.2H/c1-12(2,3)15(4,5)14-11-9-7-6-8-10(11)13;;;/h6-9H,1-5H3;;;/q;+2;2*-1. The minimum atomic E-state index is -1.71. The fourth-order valence-electron chi connectivity index (χ4n) is 0.955. The van der Waals surface area contributed by atoms with Gasteiger partial charge in [0.25, 0.3) is 8.32 Å². The Morgan fingerprint density at radius 2 is 1.69 bits per heavy atom. The van der Waals surface area contributed by atoms with Gasteiger partial charge in [-0.2, -0.15) is 0 Å². The van der Waals surface area contributed by atoms with E-state index in [1.807, 2.05) is 24.3 Å². The summed E-state index contributed by atoms with van der Waals surface area (Å²) in [6.45, 7) is 11.3. The number of halogens is 1. The monoisotopic (exact) mass is 312 g/mol. The Bertz CT molecular complexity index is 356. The summed E-state index contributed by atoms with van der Waals surface area (Å²) in [5.41, 5.74) is 0. The van der Waals surface area contributed by atoms with Crippen molar-refractivity contribution in [2.75, 3.05) is 0 Å². The van der Waals surface area contributed by atoms with Crippen LogP contribution < -0.4 is 4.43 Å². The molecule has 0 fully saturated rings. The average molecular weight is 314 g/mol. The van der Waals surface area contributed by atoms with Gasteiger partial charge in [-0.15, -0.1) is 0 Å². The van der Waals surface area contributed by atoms with E-state index in [0.29, 0.717) is 0 Å². The quantitative estimate of drug-likeness (QED) is 0.721. The number of hydrogen-bond acceptors (Lipinski definition) is 1. The summed E-state index contributed by atoms with van der Waals surface area (Å²) in [6, 6.07) is 8.04. The summed E-state index contributed by atoms with van der Waals surface area (Å²) in [5.74, 6) is 0.962. The number of benzene rings is 1. The number of hydrogen-bond donors (Lipinski definition) is 0. The molecule has 1 nitrogen and oxygen atoms in total. The Balaban J connectivity index is -0.000000750. The number of rotatable bonds is 2. The molecule has 16 heavy (non-hydrogen) atoms. The first-order valence-corrected chi connectivity index (χ1v) is 8.88. The van der Waals surface area contributed by atoms with Gasteiger partial charge in [-0.3, -0.25) is 0 Å². The Morgan fingerprint density at radius 3 is 2.12 bits per heavy atom. The molecule has 0 aromatic heterocycles. The molecule has 1 rings (SSSR count). The van der Waals surface area contributed by atoms with Crippen molar-refractivity contribution in [1.29, 1.82) is 0 Å². The van der Waals surface area contributed by atoms with Gasteiger partial charge in [-0.05, 0) is 46.2 Å². The molecule has 0 amide bonds. The molecule has 0 aliphatic rings. The second-order valence-electron chi connectivity index (χ2n) is 5.29. The van der Waals surface area contributed by atoms with Gasteiger partial charge in [0.05, 0.1) is 4.47 Å². The van der Waals surface area contributed by atoms with Gasteiger partial charge in [0, 0.05) is 0 Å². The van der Waals surface area contributed by atoms with E-state index in [9.17, 15) is 0 Å². The number of para-hydroxylation sites is 1. The van der Waals surface area contributed by atoms with E-state index >= 15 is 0 Å². The zero-order chi connectivity index (χ0) is 11.7. The normalized spacial score (nSPS) is 11.9. The van der Waals surface area contributed by atoms with Crippen LogP contribution in [0.3, 0.4) is 0 Å². The molecule has 1 aromatic carbocycles. The van der Waals surface area contributed by atoms with E-state index < -0.39 is 8.32 Å². The minimum Gasteiger partial charge on any atom is -1.00 e. The fourth-order valence-corrected chi connectivity index (χ4v) is 2.50. The summed E-state index contributed by atoms with van der Waals surface area (Å²) < 4.78 is 7.23. The zero-order valence-electron chi connectivity index (χ0n) is 12.8. The maximum atomic E-state index is 6.19. The van der Waals surface area contributed by atoms with E-state index in [1.165, 1.54) is 0 Å². The van der Waals surface area contributed by atoms with Crippen LogP contribution >= 0.6 is 15.9 Å². The van der Waals surface area contributed by atoms with Crippen LogP contribution in [-0.2, 0) is 0 Å². The van der Waals surface area contributed by atoms with Crippen molar-refractivity contribution in [2.45, 2.75) is 38.9 Å². The van der Waals surface area contributed by atoms with Gasteiger partial charge in [0.1, 0.15) is 5.75 Å². The molecule has 0 N–H and O–H groups in total. The topological polar surface area (TPSA) is 9.23 Å². The first kappa shape index (κ1) is 16.5. The van der Waals surface area contributed by atoms with E-state index in [2.05, 4.69) is 49.8 Å². The fraction of sp³-hybridized carbons (Fsp3) is 0.500. The summed E-state index contributed by atoms with van der Waals surface area (Å²) >= 11 is 3.51. The first-order valence-electron chi connectivity index (χ1n) is 5.17. The van der Waals surface area contributed by atoms with E-state index in [-0.39, 0.29) is 30.9 Å². The molecule has 0 saturated heterocycles. The molecular formula is C12H21BrMgOSi. The van der Waals surface area contributed by atoms with Crippen LogP contribution in [0.2, 0.25) is 18.1 Å². The smallest absolute Gasteiger partial charge is 1.00 e. The summed E-state index contributed by atoms with van der Waals surface area (Å²) in [7, 11) is -1.71. The van der Waals surface area contributed by atoms with Gasteiger partial charge in [-0.25, -0.2) is 0 Å². The molecule has 0 atom stereocenters. The largest absolute Gasteiger partial charge is 2.00 e. The zero-order valence-corrected chi connectivity index (χ0v) is 14.8. The molecule has 0 bridgehead atoms. The molecule has 0 aliphatic heterocycles. The van der Waals surface area contributed by atoms with Crippen LogP contribution in [0.4, 0.5) is 0 Å². The van der Waals surface area contributed by atoms with Crippen LogP contribution in [0, 0.1) is 0 Å². The summed E-state index contributed by atoms with van der Waals surface area (Å²) in [5, 5.41) is 0.238. The predicted octanol–water partition coefficient (Wildman–Crippen LogP) is 4.68. The van der Waals surface area contributed by atoms with Crippen LogP contribution in [0.15, 0.2) is 28.7 Å². The average Bonchev–Trinajstić information content (AvgIpc) is 2.06. The minimum absolute atomic E-state index is 0. The maximum absolute atomic E-state index is 6.19. The van der Waals surface area contributed by atoms with E-state index in [4.69, 9.17) is 4.43 Å². The molecule has 0 unspecified atom stereocenters. The molecule has 0 saturated carbocycles. The third-order valence-corrected chi connectivity index (χ3v) is 8.01. The molecule has 0 aliphatic carbocycles. The second kappa shape index (κ2) is 5.89. The van der Waals surface area contributed by atoms with Crippen molar-refractivity contribution in [1.82, 2.24) is 0 Å². The predicted molar refractivity (Wildman–Crippen MR) is 79.9 cm³/mol. The summed E-state index contributed by atoms with van der Waals surface area (Å²) in [6.07, 6.45) is 0. The van der Waals surface area contributed by atoms with E-state index in [1.54, 1.807) is 0 Å². The molecule has 4 heteroatoms.